The number of carboxylic acids is 1. The number of rotatable bonds is 11. The Labute approximate surface area is 170 Å². The van der Waals surface area contributed by atoms with Gasteiger partial charge >= 0.3 is 5.97 Å². The largest absolute Gasteiger partial charge is 0.480 e. The lowest BCUT2D eigenvalue weighted by molar-refractivity contribution is -0.138. The maximum Gasteiger partial charge on any atom is 0.317 e. The molecule has 0 heterocycles. The number of methoxy groups -OCH3 is 1. The molecule has 0 aliphatic carbocycles. The van der Waals surface area contributed by atoms with E-state index in [4.69, 9.17) is 9.84 Å². The Balaban J connectivity index is 0.000000307. The molecule has 0 saturated heterocycles. The van der Waals surface area contributed by atoms with Crippen LogP contribution in [-0.2, 0) is 16.1 Å². The number of hydrogen-bond donors (Lipinski definition) is 1. The highest BCUT2D eigenvalue weighted by atomic mass is 16.5. The second-order valence-corrected chi connectivity index (χ2v) is 6.84. The summed E-state index contributed by atoms with van der Waals surface area (Å²) in [4.78, 5) is 12.8. The molecule has 2 rings (SSSR count). The summed E-state index contributed by atoms with van der Waals surface area (Å²) in [5.74, 6) is -0.752. The molecule has 0 spiro atoms. The molecule has 1 unspecified atom stereocenters. The second-order valence-electron chi connectivity index (χ2n) is 6.84. The molecule has 0 aliphatic heterocycles. The predicted molar refractivity (Wildman–Crippen MR) is 115 cm³/mol. The van der Waals surface area contributed by atoms with Crippen molar-refractivity contribution in [3.8, 4) is 0 Å². The number of hydrogen-bond acceptors (Lipinski definition) is 3. The minimum atomic E-state index is -0.752. The van der Waals surface area contributed by atoms with Crippen molar-refractivity contribution in [2.45, 2.75) is 52.2 Å². The molecule has 2 aromatic rings. The van der Waals surface area contributed by atoms with Gasteiger partial charge in [0, 0.05) is 13.7 Å². The maximum atomic E-state index is 10.8. The third kappa shape index (κ3) is 10.2. The van der Waals surface area contributed by atoms with Crippen LogP contribution in [0.3, 0.4) is 0 Å². The standard InChI is InChI=1S/C14H21NO2.C10H14O/c1-2-3-7-10-15(12-14(16)17)11-13-8-5-4-6-9-13;1-3-10(11-2)9-7-5-4-6-8-9/h4-6,8-9H,2-3,7,10-12H2,1H3,(H,16,17);4-8,10H,3H2,1-2H3. The number of nitrogens with zero attached hydrogens (tertiary/aromatic N) is 1. The first kappa shape index (κ1) is 23.9. The van der Waals surface area contributed by atoms with E-state index in [1.807, 2.05) is 53.4 Å². The molecule has 154 valence electrons. The Morgan fingerprint density at radius 1 is 1.00 bits per heavy atom. The number of unbranched alkanes of at least 4 members (excludes halogenated alkanes) is 2. The second kappa shape index (κ2) is 14.8. The van der Waals surface area contributed by atoms with Gasteiger partial charge in [0.15, 0.2) is 0 Å². The number of carboxylic acid groups (broad SMARTS) is 1. The molecule has 4 heteroatoms. The molecule has 1 atom stereocenters. The Morgan fingerprint density at radius 3 is 2.11 bits per heavy atom. The zero-order valence-corrected chi connectivity index (χ0v) is 17.5. The quantitative estimate of drug-likeness (QED) is 0.515. The van der Waals surface area contributed by atoms with Crippen LogP contribution in [0.2, 0.25) is 0 Å². The third-order valence-electron chi connectivity index (χ3n) is 4.51. The lowest BCUT2D eigenvalue weighted by Gasteiger charge is -2.20. The predicted octanol–water partition coefficient (Wildman–Crippen LogP) is 5.55. The fourth-order valence-corrected chi connectivity index (χ4v) is 3.04. The Bertz CT molecular complexity index is 627. The molecule has 0 amide bonds. The number of benzene rings is 2. The molecule has 1 N–H and O–H groups in total. The van der Waals surface area contributed by atoms with Gasteiger partial charge in [-0.05, 0) is 30.5 Å². The zero-order chi connectivity index (χ0) is 20.6. The molecular weight excluding hydrogens is 350 g/mol. The summed E-state index contributed by atoms with van der Waals surface area (Å²) in [7, 11) is 1.75. The maximum absolute atomic E-state index is 10.8. The topological polar surface area (TPSA) is 49.8 Å². The van der Waals surface area contributed by atoms with Gasteiger partial charge in [-0.25, -0.2) is 0 Å². The third-order valence-corrected chi connectivity index (χ3v) is 4.51. The van der Waals surface area contributed by atoms with Crippen LogP contribution in [0.5, 0.6) is 0 Å². The van der Waals surface area contributed by atoms with Gasteiger partial charge in [0.05, 0.1) is 12.6 Å². The van der Waals surface area contributed by atoms with E-state index in [1.165, 1.54) is 11.1 Å². The van der Waals surface area contributed by atoms with Gasteiger partial charge in [0.25, 0.3) is 0 Å². The van der Waals surface area contributed by atoms with Crippen LogP contribution in [0.25, 0.3) is 0 Å². The summed E-state index contributed by atoms with van der Waals surface area (Å²) >= 11 is 0. The van der Waals surface area contributed by atoms with E-state index in [0.29, 0.717) is 0 Å². The molecular formula is C24H35NO3. The average molecular weight is 386 g/mol. The molecule has 0 saturated carbocycles. The molecule has 0 aliphatic rings. The Kier molecular flexibility index (Phi) is 12.6. The van der Waals surface area contributed by atoms with Crippen LogP contribution in [0.15, 0.2) is 60.7 Å². The number of aliphatic carboxylic acids is 1. The summed E-state index contributed by atoms with van der Waals surface area (Å²) < 4.78 is 5.29. The van der Waals surface area contributed by atoms with Crippen molar-refractivity contribution >= 4 is 5.97 Å². The first-order valence-corrected chi connectivity index (χ1v) is 10.2. The van der Waals surface area contributed by atoms with Crippen molar-refractivity contribution in [3.63, 3.8) is 0 Å². The Morgan fingerprint density at radius 2 is 1.61 bits per heavy atom. The van der Waals surface area contributed by atoms with E-state index < -0.39 is 5.97 Å². The van der Waals surface area contributed by atoms with Crippen LogP contribution in [0.4, 0.5) is 0 Å². The SMILES string of the molecule is CCC(OC)c1ccccc1.CCCCCN(CC(=O)O)Cc1ccccc1. The van der Waals surface area contributed by atoms with Crippen LogP contribution in [0.1, 0.15) is 56.8 Å². The van der Waals surface area contributed by atoms with Crippen LogP contribution in [0, 0.1) is 0 Å². The van der Waals surface area contributed by atoms with Gasteiger partial charge in [0.2, 0.25) is 0 Å². The summed E-state index contributed by atoms with van der Waals surface area (Å²) in [5.41, 5.74) is 2.43. The van der Waals surface area contributed by atoms with E-state index >= 15 is 0 Å². The first-order chi connectivity index (χ1) is 13.6. The van der Waals surface area contributed by atoms with Gasteiger partial charge in [0.1, 0.15) is 0 Å². The van der Waals surface area contributed by atoms with E-state index in [9.17, 15) is 4.79 Å². The number of ether oxygens (including phenoxy) is 1. The number of carbonyl (C=O) groups is 1. The smallest absolute Gasteiger partial charge is 0.317 e. The van der Waals surface area contributed by atoms with Gasteiger partial charge in [-0.15, -0.1) is 0 Å². The first-order valence-electron chi connectivity index (χ1n) is 10.2. The fraction of sp³-hybridized carbons (Fsp3) is 0.458. The van der Waals surface area contributed by atoms with E-state index in [2.05, 4.69) is 26.0 Å². The Hall–Kier alpha value is -2.17. The minimum absolute atomic E-state index is 0.124. The van der Waals surface area contributed by atoms with Gasteiger partial charge in [-0.3, -0.25) is 9.69 Å². The fourth-order valence-electron chi connectivity index (χ4n) is 3.04. The molecule has 28 heavy (non-hydrogen) atoms. The van der Waals surface area contributed by atoms with Gasteiger partial charge in [-0.1, -0.05) is 87.4 Å². The zero-order valence-electron chi connectivity index (χ0n) is 17.5. The summed E-state index contributed by atoms with van der Waals surface area (Å²) in [6.07, 6.45) is 4.67. The molecule has 2 aromatic carbocycles. The van der Waals surface area contributed by atoms with Crippen molar-refractivity contribution in [1.82, 2.24) is 4.90 Å². The average Bonchev–Trinajstić information content (AvgIpc) is 2.71. The van der Waals surface area contributed by atoms with Crippen molar-refractivity contribution in [2.24, 2.45) is 0 Å². The normalized spacial score (nSPS) is 11.6. The molecule has 0 fully saturated rings. The van der Waals surface area contributed by atoms with E-state index in [-0.39, 0.29) is 12.6 Å². The summed E-state index contributed by atoms with van der Waals surface area (Å²) in [5, 5.41) is 8.88. The van der Waals surface area contributed by atoms with E-state index in [1.54, 1.807) is 7.11 Å². The molecule has 0 aromatic heterocycles. The molecule has 0 bridgehead atoms. The van der Waals surface area contributed by atoms with E-state index in [0.717, 1.165) is 38.8 Å². The monoisotopic (exact) mass is 385 g/mol. The highest BCUT2D eigenvalue weighted by Crippen LogP contribution is 2.18. The lowest BCUT2D eigenvalue weighted by Crippen LogP contribution is -2.30. The van der Waals surface area contributed by atoms with Crippen molar-refractivity contribution in [2.75, 3.05) is 20.2 Å². The van der Waals surface area contributed by atoms with Crippen LogP contribution >= 0.6 is 0 Å². The van der Waals surface area contributed by atoms with Crippen molar-refractivity contribution in [1.29, 1.82) is 0 Å². The highest BCUT2D eigenvalue weighted by Gasteiger charge is 2.09. The summed E-state index contributed by atoms with van der Waals surface area (Å²) in [6, 6.07) is 20.3. The van der Waals surface area contributed by atoms with Gasteiger partial charge < -0.3 is 9.84 Å². The molecule has 4 nitrogen and oxygen atoms in total. The summed E-state index contributed by atoms with van der Waals surface area (Å²) in [6.45, 7) is 5.98. The highest BCUT2D eigenvalue weighted by molar-refractivity contribution is 5.69. The van der Waals surface area contributed by atoms with Crippen LogP contribution < -0.4 is 0 Å². The van der Waals surface area contributed by atoms with Crippen LogP contribution in [-0.4, -0.2) is 36.2 Å². The van der Waals surface area contributed by atoms with Crippen molar-refractivity contribution in [3.05, 3.63) is 71.8 Å². The lowest BCUT2D eigenvalue weighted by atomic mass is 10.1. The van der Waals surface area contributed by atoms with Gasteiger partial charge in [-0.2, -0.15) is 0 Å². The minimum Gasteiger partial charge on any atom is -0.480 e. The molecule has 0 radical (unpaired) electrons. The van der Waals surface area contributed by atoms with Crippen molar-refractivity contribution < 1.29 is 14.6 Å².